The van der Waals surface area contributed by atoms with Crippen LogP contribution in [0.25, 0.3) is 21.6 Å². The predicted molar refractivity (Wildman–Crippen MR) is 84.3 cm³/mol. The van der Waals surface area contributed by atoms with Crippen LogP contribution in [0.1, 0.15) is 11.8 Å². The molecule has 0 aliphatic heterocycles. The third-order valence-electron chi connectivity index (χ3n) is 3.10. The van der Waals surface area contributed by atoms with Crippen molar-refractivity contribution in [3.05, 3.63) is 39.2 Å². The molecule has 2 heterocycles. The van der Waals surface area contributed by atoms with Crippen molar-refractivity contribution in [2.24, 2.45) is 0 Å². The molecule has 0 saturated heterocycles. The number of nitrogens with two attached hydrogens (primary N) is 1. The topological polar surface area (TPSA) is 51.8 Å². The highest BCUT2D eigenvalue weighted by molar-refractivity contribution is 9.10. The van der Waals surface area contributed by atoms with Gasteiger partial charge in [0.1, 0.15) is 10.6 Å². The SMILES string of the molecule is CCc1cc2c(N)nc(-c3ccc(F)c(F)c3Br)nc2s1. The lowest BCUT2D eigenvalue weighted by Gasteiger charge is -2.06. The van der Waals surface area contributed by atoms with E-state index < -0.39 is 11.6 Å². The molecule has 0 amide bonds. The van der Waals surface area contributed by atoms with E-state index in [4.69, 9.17) is 5.73 Å². The minimum absolute atomic E-state index is 0.00600. The van der Waals surface area contributed by atoms with Crippen LogP contribution in [0.4, 0.5) is 14.6 Å². The van der Waals surface area contributed by atoms with Gasteiger partial charge in [0.15, 0.2) is 17.5 Å². The molecule has 3 rings (SSSR count). The summed E-state index contributed by atoms with van der Waals surface area (Å²) in [4.78, 5) is 10.5. The maximum atomic E-state index is 13.6. The van der Waals surface area contributed by atoms with E-state index in [9.17, 15) is 8.78 Å². The molecule has 3 aromatic rings. The molecule has 0 saturated carbocycles. The standard InChI is InChI=1S/C14H10BrF2N3S/c1-2-6-5-8-12(18)19-13(20-14(8)21-6)7-3-4-9(16)11(17)10(7)15/h3-5H,2H2,1H3,(H2,18,19,20). The number of thiophene rings is 1. The zero-order valence-corrected chi connectivity index (χ0v) is 13.4. The normalized spacial score (nSPS) is 11.2. The van der Waals surface area contributed by atoms with Crippen molar-refractivity contribution in [1.82, 2.24) is 9.97 Å². The van der Waals surface area contributed by atoms with Gasteiger partial charge in [-0.05, 0) is 40.5 Å². The van der Waals surface area contributed by atoms with E-state index in [0.717, 1.165) is 27.6 Å². The number of hydrogen-bond acceptors (Lipinski definition) is 4. The second-order valence-electron chi connectivity index (χ2n) is 4.44. The van der Waals surface area contributed by atoms with Crippen molar-refractivity contribution < 1.29 is 8.78 Å². The van der Waals surface area contributed by atoms with E-state index in [2.05, 4.69) is 25.9 Å². The number of aromatic nitrogens is 2. The molecule has 2 N–H and O–H groups in total. The number of rotatable bonds is 2. The molecule has 7 heteroatoms. The number of benzene rings is 1. The molecule has 0 atom stereocenters. The summed E-state index contributed by atoms with van der Waals surface area (Å²) in [5.41, 5.74) is 6.32. The van der Waals surface area contributed by atoms with Crippen LogP contribution in [0.3, 0.4) is 0 Å². The Balaban J connectivity index is 2.23. The van der Waals surface area contributed by atoms with Gasteiger partial charge in [-0.25, -0.2) is 18.7 Å². The highest BCUT2D eigenvalue weighted by Gasteiger charge is 2.17. The van der Waals surface area contributed by atoms with Crippen molar-refractivity contribution in [1.29, 1.82) is 0 Å². The van der Waals surface area contributed by atoms with Crippen molar-refractivity contribution >= 4 is 43.3 Å². The quantitative estimate of drug-likeness (QED) is 0.674. The highest BCUT2D eigenvalue weighted by atomic mass is 79.9. The number of aryl methyl sites for hydroxylation is 1. The van der Waals surface area contributed by atoms with Gasteiger partial charge in [-0.2, -0.15) is 0 Å². The first kappa shape index (κ1) is 14.3. The van der Waals surface area contributed by atoms with Crippen molar-refractivity contribution in [2.75, 3.05) is 5.73 Å². The molecule has 21 heavy (non-hydrogen) atoms. The van der Waals surface area contributed by atoms with E-state index in [1.54, 1.807) is 0 Å². The zero-order valence-electron chi connectivity index (χ0n) is 11.0. The number of halogens is 3. The molecule has 0 aliphatic carbocycles. The summed E-state index contributed by atoms with van der Waals surface area (Å²) in [5.74, 6) is -1.28. The lowest BCUT2D eigenvalue weighted by Crippen LogP contribution is -1.98. The summed E-state index contributed by atoms with van der Waals surface area (Å²) in [5, 5.41) is 0.791. The average Bonchev–Trinajstić information content (AvgIpc) is 2.88. The van der Waals surface area contributed by atoms with Crippen LogP contribution in [-0.2, 0) is 6.42 Å². The van der Waals surface area contributed by atoms with Crippen LogP contribution >= 0.6 is 27.3 Å². The monoisotopic (exact) mass is 369 g/mol. The fraction of sp³-hybridized carbons (Fsp3) is 0.143. The zero-order chi connectivity index (χ0) is 15.1. The van der Waals surface area contributed by atoms with Crippen molar-refractivity contribution in [3.8, 4) is 11.4 Å². The first-order valence-electron chi connectivity index (χ1n) is 6.21. The molecule has 1 aromatic carbocycles. The summed E-state index contributed by atoms with van der Waals surface area (Å²) in [7, 11) is 0. The van der Waals surface area contributed by atoms with E-state index in [1.807, 2.05) is 13.0 Å². The average molecular weight is 370 g/mol. The third kappa shape index (κ3) is 2.40. The summed E-state index contributed by atoms with van der Waals surface area (Å²) >= 11 is 4.56. The Morgan fingerprint density at radius 1 is 1.29 bits per heavy atom. The third-order valence-corrected chi connectivity index (χ3v) is 5.05. The van der Waals surface area contributed by atoms with Gasteiger partial charge in [0.2, 0.25) is 0 Å². The minimum Gasteiger partial charge on any atom is -0.383 e. The minimum atomic E-state index is -0.963. The van der Waals surface area contributed by atoms with E-state index in [-0.39, 0.29) is 10.3 Å². The summed E-state index contributed by atoms with van der Waals surface area (Å²) in [6.07, 6.45) is 0.880. The number of anilines is 1. The van der Waals surface area contributed by atoms with E-state index >= 15 is 0 Å². The summed E-state index contributed by atoms with van der Waals surface area (Å²) < 4.78 is 26.8. The van der Waals surface area contributed by atoms with Crippen LogP contribution in [0, 0.1) is 11.6 Å². The Morgan fingerprint density at radius 2 is 2.05 bits per heavy atom. The second kappa shape index (κ2) is 5.31. The van der Waals surface area contributed by atoms with Gasteiger partial charge >= 0.3 is 0 Å². The lowest BCUT2D eigenvalue weighted by atomic mass is 10.2. The molecular formula is C14H10BrF2N3S. The number of nitrogen functional groups attached to an aromatic ring is 1. The first-order valence-corrected chi connectivity index (χ1v) is 7.82. The summed E-state index contributed by atoms with van der Waals surface area (Å²) in [6.45, 7) is 2.04. The number of nitrogens with zero attached hydrogens (tertiary/aromatic N) is 2. The molecule has 2 aromatic heterocycles. The Kier molecular flexibility index (Phi) is 3.62. The molecule has 0 bridgehead atoms. The Morgan fingerprint density at radius 3 is 2.76 bits per heavy atom. The van der Waals surface area contributed by atoms with Gasteiger partial charge in [0, 0.05) is 10.4 Å². The molecular weight excluding hydrogens is 360 g/mol. The predicted octanol–water partition coefficient (Wildman–Crippen LogP) is 4.54. The Bertz CT molecular complexity index is 848. The van der Waals surface area contributed by atoms with Gasteiger partial charge in [-0.15, -0.1) is 11.3 Å². The maximum Gasteiger partial charge on any atom is 0.173 e. The molecule has 0 radical (unpaired) electrons. The second-order valence-corrected chi connectivity index (χ2v) is 6.35. The number of fused-ring (bicyclic) bond motifs is 1. The number of hydrogen-bond donors (Lipinski definition) is 1. The highest BCUT2D eigenvalue weighted by Crippen LogP contribution is 2.34. The summed E-state index contributed by atoms with van der Waals surface area (Å²) in [6, 6.07) is 4.43. The molecule has 108 valence electrons. The van der Waals surface area contributed by atoms with Gasteiger partial charge in [0.25, 0.3) is 0 Å². The maximum absolute atomic E-state index is 13.6. The van der Waals surface area contributed by atoms with Gasteiger partial charge in [-0.3, -0.25) is 0 Å². The lowest BCUT2D eigenvalue weighted by molar-refractivity contribution is 0.504. The van der Waals surface area contributed by atoms with E-state index in [0.29, 0.717) is 11.4 Å². The first-order chi connectivity index (χ1) is 10.0. The van der Waals surface area contributed by atoms with Crippen LogP contribution < -0.4 is 5.73 Å². The Hall–Kier alpha value is -1.60. The van der Waals surface area contributed by atoms with Gasteiger partial charge in [0.05, 0.1) is 9.86 Å². The molecule has 0 aliphatic rings. The van der Waals surface area contributed by atoms with Gasteiger partial charge < -0.3 is 5.73 Å². The Labute approximate surface area is 132 Å². The molecule has 0 unspecified atom stereocenters. The smallest absolute Gasteiger partial charge is 0.173 e. The van der Waals surface area contributed by atoms with Crippen LogP contribution in [0.15, 0.2) is 22.7 Å². The van der Waals surface area contributed by atoms with Crippen molar-refractivity contribution in [3.63, 3.8) is 0 Å². The van der Waals surface area contributed by atoms with E-state index in [1.165, 1.54) is 17.4 Å². The molecule has 3 nitrogen and oxygen atoms in total. The van der Waals surface area contributed by atoms with Crippen molar-refractivity contribution in [2.45, 2.75) is 13.3 Å². The largest absolute Gasteiger partial charge is 0.383 e. The van der Waals surface area contributed by atoms with Crippen LogP contribution in [0.2, 0.25) is 0 Å². The molecule has 0 fully saturated rings. The van der Waals surface area contributed by atoms with Crippen LogP contribution in [0.5, 0.6) is 0 Å². The fourth-order valence-electron chi connectivity index (χ4n) is 1.99. The van der Waals surface area contributed by atoms with Gasteiger partial charge in [-0.1, -0.05) is 6.92 Å². The molecule has 0 spiro atoms. The fourth-order valence-corrected chi connectivity index (χ4v) is 3.46. The van der Waals surface area contributed by atoms with Crippen LogP contribution in [-0.4, -0.2) is 9.97 Å².